The summed E-state index contributed by atoms with van der Waals surface area (Å²) >= 11 is 0. The minimum absolute atomic E-state index is 0.0659. The van der Waals surface area contributed by atoms with Crippen LogP contribution in [0, 0.1) is 0 Å². The Morgan fingerprint density at radius 3 is 2.50 bits per heavy atom. The van der Waals surface area contributed by atoms with Gasteiger partial charge in [-0.05, 0) is 43.7 Å². The number of sulfonamides is 1. The second kappa shape index (κ2) is 7.48. The second-order valence-electron chi connectivity index (χ2n) is 5.39. The van der Waals surface area contributed by atoms with Gasteiger partial charge in [-0.3, -0.25) is 13.9 Å². The molecule has 1 aliphatic heterocycles. The van der Waals surface area contributed by atoms with Crippen molar-refractivity contribution >= 4 is 33.2 Å². The van der Waals surface area contributed by atoms with Gasteiger partial charge in [-0.15, -0.1) is 0 Å². The molecule has 1 fully saturated rings. The fourth-order valence-corrected chi connectivity index (χ4v) is 4.05. The molecule has 0 bridgehead atoms. The smallest absolute Gasteiger partial charge is 0.246 e. The number of amides is 2. The summed E-state index contributed by atoms with van der Waals surface area (Å²) in [7, 11) is -3.22. The first kappa shape index (κ1) is 18.0. The quantitative estimate of drug-likeness (QED) is 0.780. The van der Waals surface area contributed by atoms with E-state index < -0.39 is 10.0 Å². The molecule has 1 N–H and O–H groups in total. The molecule has 0 aliphatic carbocycles. The fraction of sp³-hybridized carbons (Fsp3) is 0.375. The maximum Gasteiger partial charge on any atom is 0.246 e. The Balaban J connectivity index is 2.00. The molecule has 1 aromatic rings. The molecule has 2 rings (SSSR count). The Labute approximate surface area is 142 Å². The highest BCUT2D eigenvalue weighted by Gasteiger charge is 2.28. The van der Waals surface area contributed by atoms with Gasteiger partial charge in [-0.2, -0.15) is 0 Å². The van der Waals surface area contributed by atoms with Gasteiger partial charge >= 0.3 is 0 Å². The van der Waals surface area contributed by atoms with Crippen LogP contribution in [0.3, 0.4) is 0 Å². The van der Waals surface area contributed by atoms with Crippen molar-refractivity contribution in [3.63, 3.8) is 0 Å². The van der Waals surface area contributed by atoms with Gasteiger partial charge in [0.05, 0.1) is 11.4 Å². The molecule has 0 aromatic heterocycles. The summed E-state index contributed by atoms with van der Waals surface area (Å²) in [5.41, 5.74) is 1.13. The van der Waals surface area contributed by atoms with Crippen molar-refractivity contribution in [1.29, 1.82) is 0 Å². The Bertz CT molecular complexity index is 728. The Hall–Kier alpha value is -2.35. The SMILES string of the molecule is C=CC(=O)N(CC)CC(=O)Nc1ccc(N2CCCS2(=O)=O)cc1. The van der Waals surface area contributed by atoms with Gasteiger partial charge < -0.3 is 10.2 Å². The highest BCUT2D eigenvalue weighted by atomic mass is 32.2. The zero-order valence-corrected chi connectivity index (χ0v) is 14.4. The average Bonchev–Trinajstić information content (AvgIpc) is 2.92. The van der Waals surface area contributed by atoms with Crippen molar-refractivity contribution in [3.8, 4) is 0 Å². The third-order valence-electron chi connectivity index (χ3n) is 3.74. The van der Waals surface area contributed by atoms with Crippen molar-refractivity contribution in [2.45, 2.75) is 13.3 Å². The van der Waals surface area contributed by atoms with Gasteiger partial charge in [0.25, 0.3) is 0 Å². The van der Waals surface area contributed by atoms with Crippen molar-refractivity contribution in [2.75, 3.05) is 35.0 Å². The number of hydrogen-bond acceptors (Lipinski definition) is 4. The lowest BCUT2D eigenvalue weighted by atomic mass is 10.2. The molecule has 7 nitrogen and oxygen atoms in total. The largest absolute Gasteiger partial charge is 0.330 e. The van der Waals surface area contributed by atoms with Gasteiger partial charge in [0, 0.05) is 18.8 Å². The van der Waals surface area contributed by atoms with E-state index in [1.54, 1.807) is 31.2 Å². The molecule has 130 valence electrons. The number of nitrogens with zero attached hydrogens (tertiary/aromatic N) is 2. The van der Waals surface area contributed by atoms with Crippen molar-refractivity contribution in [3.05, 3.63) is 36.9 Å². The summed E-state index contributed by atoms with van der Waals surface area (Å²) in [6.45, 7) is 6.00. The van der Waals surface area contributed by atoms with Crippen LogP contribution in [0.15, 0.2) is 36.9 Å². The van der Waals surface area contributed by atoms with E-state index in [-0.39, 0.29) is 24.1 Å². The van der Waals surface area contributed by atoms with Gasteiger partial charge in [-0.25, -0.2) is 8.42 Å². The van der Waals surface area contributed by atoms with Crippen LogP contribution in [0.4, 0.5) is 11.4 Å². The lowest BCUT2D eigenvalue weighted by Crippen LogP contribution is -2.36. The van der Waals surface area contributed by atoms with Crippen molar-refractivity contribution in [1.82, 2.24) is 4.90 Å². The minimum atomic E-state index is -3.22. The number of carbonyl (C=O) groups is 2. The number of carbonyl (C=O) groups excluding carboxylic acids is 2. The normalized spacial score (nSPS) is 15.8. The van der Waals surface area contributed by atoms with Crippen LogP contribution in [-0.2, 0) is 19.6 Å². The van der Waals surface area contributed by atoms with Crippen LogP contribution in [0.2, 0.25) is 0 Å². The highest BCUT2D eigenvalue weighted by Crippen LogP contribution is 2.25. The molecular formula is C16H21N3O4S. The lowest BCUT2D eigenvalue weighted by Gasteiger charge is -2.19. The molecule has 0 atom stereocenters. The molecule has 0 saturated carbocycles. The summed E-state index contributed by atoms with van der Waals surface area (Å²) in [6, 6.07) is 6.61. The van der Waals surface area contributed by atoms with Crippen LogP contribution in [-0.4, -0.2) is 50.5 Å². The molecule has 0 unspecified atom stereocenters. The molecule has 0 spiro atoms. The van der Waals surface area contributed by atoms with E-state index in [2.05, 4.69) is 11.9 Å². The molecular weight excluding hydrogens is 330 g/mol. The van der Waals surface area contributed by atoms with E-state index in [0.717, 1.165) is 0 Å². The predicted molar refractivity (Wildman–Crippen MR) is 93.3 cm³/mol. The third-order valence-corrected chi connectivity index (χ3v) is 5.61. The zero-order valence-electron chi connectivity index (χ0n) is 13.6. The Kier molecular flexibility index (Phi) is 5.61. The second-order valence-corrected chi connectivity index (χ2v) is 7.41. The van der Waals surface area contributed by atoms with Crippen LogP contribution in [0.5, 0.6) is 0 Å². The van der Waals surface area contributed by atoms with Crippen LogP contribution in [0.1, 0.15) is 13.3 Å². The molecule has 1 aliphatic rings. The molecule has 1 heterocycles. The van der Waals surface area contributed by atoms with Crippen molar-refractivity contribution in [2.24, 2.45) is 0 Å². The number of nitrogens with one attached hydrogen (secondary N) is 1. The maximum absolute atomic E-state index is 12.0. The minimum Gasteiger partial charge on any atom is -0.330 e. The summed E-state index contributed by atoms with van der Waals surface area (Å²) in [5.74, 6) is -0.466. The summed E-state index contributed by atoms with van der Waals surface area (Å²) in [6.07, 6.45) is 1.78. The van der Waals surface area contributed by atoms with E-state index in [0.29, 0.717) is 30.9 Å². The Morgan fingerprint density at radius 2 is 2.00 bits per heavy atom. The number of hydrogen-bond donors (Lipinski definition) is 1. The summed E-state index contributed by atoms with van der Waals surface area (Å²) in [4.78, 5) is 24.9. The predicted octanol–water partition coefficient (Wildman–Crippen LogP) is 1.20. The standard InChI is InChI=1S/C16H21N3O4S/c1-3-16(21)18(4-2)12-15(20)17-13-6-8-14(9-7-13)19-10-5-11-24(19,22)23/h3,6-9H,1,4-5,10-12H2,2H3,(H,17,20). The van der Waals surface area contributed by atoms with E-state index in [9.17, 15) is 18.0 Å². The van der Waals surface area contributed by atoms with Crippen LogP contribution in [0.25, 0.3) is 0 Å². The summed E-state index contributed by atoms with van der Waals surface area (Å²) < 4.78 is 25.1. The first-order valence-electron chi connectivity index (χ1n) is 7.69. The average molecular weight is 351 g/mol. The fourth-order valence-electron chi connectivity index (χ4n) is 2.49. The first-order chi connectivity index (χ1) is 11.4. The van der Waals surface area contributed by atoms with Crippen molar-refractivity contribution < 1.29 is 18.0 Å². The van der Waals surface area contributed by atoms with E-state index in [4.69, 9.17) is 0 Å². The van der Waals surface area contributed by atoms with Crippen LogP contribution < -0.4 is 9.62 Å². The lowest BCUT2D eigenvalue weighted by molar-refractivity contribution is -0.130. The number of anilines is 2. The van der Waals surface area contributed by atoms with E-state index in [1.165, 1.54) is 15.3 Å². The maximum atomic E-state index is 12.0. The number of benzene rings is 1. The van der Waals surface area contributed by atoms with Gasteiger partial charge in [0.2, 0.25) is 21.8 Å². The molecule has 24 heavy (non-hydrogen) atoms. The summed E-state index contributed by atoms with van der Waals surface area (Å²) in [5, 5.41) is 2.69. The molecule has 1 saturated heterocycles. The molecule has 0 radical (unpaired) electrons. The zero-order chi connectivity index (χ0) is 17.7. The van der Waals surface area contributed by atoms with Crippen LogP contribution >= 0.6 is 0 Å². The molecule has 1 aromatic carbocycles. The third kappa shape index (κ3) is 4.14. The monoisotopic (exact) mass is 351 g/mol. The van der Waals surface area contributed by atoms with E-state index >= 15 is 0 Å². The van der Waals surface area contributed by atoms with E-state index in [1.807, 2.05) is 0 Å². The number of likely N-dealkylation sites (N-methyl/N-ethyl adjacent to an activating group) is 1. The molecule has 8 heteroatoms. The topological polar surface area (TPSA) is 86.8 Å². The number of rotatable bonds is 6. The molecule has 2 amide bonds. The van der Waals surface area contributed by atoms with Gasteiger partial charge in [0.1, 0.15) is 6.54 Å². The van der Waals surface area contributed by atoms with Gasteiger partial charge in [0.15, 0.2) is 0 Å². The highest BCUT2D eigenvalue weighted by molar-refractivity contribution is 7.93. The Morgan fingerprint density at radius 1 is 1.33 bits per heavy atom. The first-order valence-corrected chi connectivity index (χ1v) is 9.30. The van der Waals surface area contributed by atoms with Gasteiger partial charge in [-0.1, -0.05) is 6.58 Å².